The number of carboxylic acid groups (broad SMARTS) is 1. The van der Waals surface area contributed by atoms with Gasteiger partial charge in [0.15, 0.2) is 0 Å². The summed E-state index contributed by atoms with van der Waals surface area (Å²) in [5, 5.41) is 14.1. The second kappa shape index (κ2) is 6.05. The van der Waals surface area contributed by atoms with E-state index < -0.39 is 11.8 Å². The maximum Gasteiger partial charge on any atom is 0.338 e. The highest BCUT2D eigenvalue weighted by atomic mass is 32.1. The Hall–Kier alpha value is -1.88. The van der Waals surface area contributed by atoms with Gasteiger partial charge in [-0.1, -0.05) is 19.9 Å². The van der Waals surface area contributed by atoms with E-state index in [0.717, 1.165) is 0 Å². The van der Waals surface area contributed by atoms with Crippen LogP contribution in [0.2, 0.25) is 0 Å². The molecule has 0 saturated heterocycles. The molecule has 0 bridgehead atoms. The number of hydrogen-bond acceptors (Lipinski definition) is 3. The summed E-state index contributed by atoms with van der Waals surface area (Å²) in [5.41, 5.74) is 0.271. The fourth-order valence-electron chi connectivity index (χ4n) is 1.99. The number of halogens is 1. The van der Waals surface area contributed by atoms with Crippen molar-refractivity contribution in [2.24, 2.45) is 5.92 Å². The van der Waals surface area contributed by atoms with Crippen LogP contribution in [0, 0.1) is 11.7 Å². The zero-order chi connectivity index (χ0) is 14.7. The van der Waals surface area contributed by atoms with E-state index in [-0.39, 0.29) is 11.6 Å². The van der Waals surface area contributed by atoms with Crippen molar-refractivity contribution in [3.8, 4) is 0 Å². The molecule has 0 amide bonds. The van der Waals surface area contributed by atoms with Crippen LogP contribution >= 0.6 is 11.3 Å². The zero-order valence-corrected chi connectivity index (χ0v) is 12.1. The van der Waals surface area contributed by atoms with Gasteiger partial charge in [-0.15, -0.1) is 11.3 Å². The van der Waals surface area contributed by atoms with Crippen molar-refractivity contribution in [2.75, 3.05) is 5.32 Å². The van der Waals surface area contributed by atoms with Crippen LogP contribution in [0.1, 0.15) is 35.1 Å². The Bertz CT molecular complexity index is 596. The number of aromatic carboxylic acids is 1. The van der Waals surface area contributed by atoms with Crippen molar-refractivity contribution >= 4 is 23.0 Å². The number of hydrogen-bond donors (Lipinski definition) is 2. The average Bonchev–Trinajstić information content (AvgIpc) is 2.88. The Kier molecular flexibility index (Phi) is 4.39. The number of carboxylic acids is 1. The molecule has 5 heteroatoms. The molecular formula is C15H16FNO2S. The van der Waals surface area contributed by atoms with E-state index in [4.69, 9.17) is 5.11 Å². The maximum absolute atomic E-state index is 13.7. The normalized spacial score (nSPS) is 12.4. The minimum Gasteiger partial charge on any atom is -0.478 e. The molecule has 1 aromatic carbocycles. The van der Waals surface area contributed by atoms with Crippen molar-refractivity contribution in [2.45, 2.75) is 19.9 Å². The van der Waals surface area contributed by atoms with Crippen LogP contribution in [0.5, 0.6) is 0 Å². The molecule has 0 aliphatic heterocycles. The summed E-state index contributed by atoms with van der Waals surface area (Å²) in [5.74, 6) is -1.65. The Morgan fingerprint density at radius 3 is 2.60 bits per heavy atom. The van der Waals surface area contributed by atoms with Crippen LogP contribution in [-0.4, -0.2) is 11.1 Å². The number of carbonyl (C=O) groups is 1. The highest BCUT2D eigenvalue weighted by Crippen LogP contribution is 2.30. The molecule has 3 nitrogen and oxygen atoms in total. The molecule has 2 N–H and O–H groups in total. The number of thiophene rings is 1. The van der Waals surface area contributed by atoms with E-state index in [1.165, 1.54) is 17.0 Å². The lowest BCUT2D eigenvalue weighted by molar-refractivity contribution is 0.0692. The summed E-state index contributed by atoms with van der Waals surface area (Å²) >= 11 is 1.64. The average molecular weight is 293 g/mol. The summed E-state index contributed by atoms with van der Waals surface area (Å²) < 4.78 is 13.7. The van der Waals surface area contributed by atoms with E-state index in [1.807, 2.05) is 17.5 Å². The fraction of sp³-hybridized carbons (Fsp3) is 0.267. The number of benzene rings is 1. The Balaban J connectivity index is 2.24. The molecule has 0 fully saturated rings. The largest absolute Gasteiger partial charge is 0.478 e. The van der Waals surface area contributed by atoms with Gasteiger partial charge in [-0.05, 0) is 35.6 Å². The lowest BCUT2D eigenvalue weighted by Gasteiger charge is -2.22. The molecule has 106 valence electrons. The number of nitrogens with one attached hydrogen (secondary N) is 1. The van der Waals surface area contributed by atoms with Crippen molar-refractivity contribution in [3.63, 3.8) is 0 Å². The van der Waals surface area contributed by atoms with Gasteiger partial charge < -0.3 is 10.4 Å². The topological polar surface area (TPSA) is 49.3 Å². The Morgan fingerprint density at radius 1 is 1.35 bits per heavy atom. The van der Waals surface area contributed by atoms with Gasteiger partial charge in [0.1, 0.15) is 5.82 Å². The summed E-state index contributed by atoms with van der Waals surface area (Å²) in [6.45, 7) is 4.17. The first-order chi connectivity index (χ1) is 9.49. The first-order valence-corrected chi connectivity index (χ1v) is 7.19. The third-order valence-electron chi connectivity index (χ3n) is 3.04. The van der Waals surface area contributed by atoms with Gasteiger partial charge in [0.2, 0.25) is 0 Å². The van der Waals surface area contributed by atoms with Crippen molar-refractivity contribution < 1.29 is 14.3 Å². The molecule has 2 aromatic rings. The third-order valence-corrected chi connectivity index (χ3v) is 3.99. The van der Waals surface area contributed by atoms with Gasteiger partial charge in [-0.3, -0.25) is 0 Å². The molecule has 1 unspecified atom stereocenters. The minimum absolute atomic E-state index is 0.0741. The molecule has 0 aliphatic rings. The minimum atomic E-state index is -1.26. The molecule has 2 rings (SSSR count). The molecule has 1 aromatic heterocycles. The van der Waals surface area contributed by atoms with E-state index >= 15 is 0 Å². The van der Waals surface area contributed by atoms with Gasteiger partial charge in [-0.25, -0.2) is 9.18 Å². The molecule has 0 saturated carbocycles. The second-order valence-corrected chi connectivity index (χ2v) is 5.86. The highest BCUT2D eigenvalue weighted by molar-refractivity contribution is 7.10. The van der Waals surface area contributed by atoms with E-state index in [9.17, 15) is 9.18 Å². The summed E-state index contributed by atoms with van der Waals surface area (Å²) in [6, 6.07) is 8.19. The monoisotopic (exact) mass is 293 g/mol. The Morgan fingerprint density at radius 2 is 2.10 bits per heavy atom. The van der Waals surface area contributed by atoms with E-state index in [1.54, 1.807) is 17.4 Å². The van der Waals surface area contributed by atoms with Crippen LogP contribution in [0.25, 0.3) is 0 Å². The molecule has 1 atom stereocenters. The standard InChI is InChI=1S/C15H16FNO2S/c1-9(2)14(13-4-3-7-20-13)17-10-5-6-11(15(18)19)12(16)8-10/h3-9,14,17H,1-2H3,(H,18,19). The predicted molar refractivity (Wildman–Crippen MR) is 78.9 cm³/mol. The SMILES string of the molecule is CC(C)C(Nc1ccc(C(=O)O)c(F)c1)c1cccs1. The maximum atomic E-state index is 13.7. The van der Waals surface area contributed by atoms with Crippen LogP contribution in [-0.2, 0) is 0 Å². The number of rotatable bonds is 5. The first kappa shape index (κ1) is 14.5. The van der Waals surface area contributed by atoms with Gasteiger partial charge in [0.25, 0.3) is 0 Å². The van der Waals surface area contributed by atoms with Crippen molar-refractivity contribution in [1.29, 1.82) is 0 Å². The zero-order valence-electron chi connectivity index (χ0n) is 11.3. The van der Waals surface area contributed by atoms with Crippen molar-refractivity contribution in [1.82, 2.24) is 0 Å². The van der Waals surface area contributed by atoms with E-state index in [0.29, 0.717) is 11.6 Å². The third kappa shape index (κ3) is 3.17. The Labute approximate surface area is 121 Å². The van der Waals surface area contributed by atoms with Crippen molar-refractivity contribution in [3.05, 3.63) is 52.0 Å². The summed E-state index contributed by atoms with van der Waals surface area (Å²) in [6.07, 6.45) is 0. The lowest BCUT2D eigenvalue weighted by Crippen LogP contribution is -2.16. The van der Waals surface area contributed by atoms with Crippen LogP contribution in [0.15, 0.2) is 35.7 Å². The molecule has 20 heavy (non-hydrogen) atoms. The lowest BCUT2D eigenvalue weighted by atomic mass is 10.0. The van der Waals surface area contributed by atoms with Crippen LogP contribution in [0.4, 0.5) is 10.1 Å². The van der Waals surface area contributed by atoms with Gasteiger partial charge in [-0.2, -0.15) is 0 Å². The fourth-order valence-corrected chi connectivity index (χ4v) is 2.94. The smallest absolute Gasteiger partial charge is 0.338 e. The molecule has 1 heterocycles. The van der Waals surface area contributed by atoms with Crippen LogP contribution in [0.3, 0.4) is 0 Å². The summed E-state index contributed by atoms with van der Waals surface area (Å²) in [4.78, 5) is 12.0. The molecule has 0 spiro atoms. The van der Waals surface area contributed by atoms with E-state index in [2.05, 4.69) is 19.2 Å². The molecule has 0 radical (unpaired) electrons. The van der Waals surface area contributed by atoms with Gasteiger partial charge in [0, 0.05) is 10.6 Å². The molecule has 0 aliphatic carbocycles. The quantitative estimate of drug-likeness (QED) is 0.859. The van der Waals surface area contributed by atoms with Gasteiger partial charge in [0.05, 0.1) is 11.6 Å². The summed E-state index contributed by atoms with van der Waals surface area (Å²) in [7, 11) is 0. The first-order valence-electron chi connectivity index (χ1n) is 6.32. The predicted octanol–water partition coefficient (Wildman–Crippen LogP) is 4.39. The van der Waals surface area contributed by atoms with Crippen LogP contribution < -0.4 is 5.32 Å². The van der Waals surface area contributed by atoms with Gasteiger partial charge >= 0.3 is 5.97 Å². The number of anilines is 1. The second-order valence-electron chi connectivity index (χ2n) is 4.88. The molecular weight excluding hydrogens is 277 g/mol. The highest BCUT2D eigenvalue weighted by Gasteiger charge is 2.18.